The average molecular weight is 425 g/mol. The topological polar surface area (TPSA) is 109 Å². The van der Waals surface area contributed by atoms with Crippen molar-refractivity contribution in [3.05, 3.63) is 33.8 Å². The number of halogens is 2. The van der Waals surface area contributed by atoms with Gasteiger partial charge < -0.3 is 10.2 Å². The highest BCUT2D eigenvalue weighted by Gasteiger charge is 1.98. The van der Waals surface area contributed by atoms with Crippen LogP contribution in [-0.2, 0) is 19.2 Å². The zero-order valence-electron chi connectivity index (χ0n) is 16.9. The van der Waals surface area contributed by atoms with E-state index in [-0.39, 0.29) is 24.4 Å². The second-order valence-corrected chi connectivity index (χ2v) is 5.28. The van der Waals surface area contributed by atoms with Crippen LogP contribution in [0.2, 0.25) is 10.0 Å². The molecule has 156 valence electrons. The molecule has 0 unspecified atom stereocenters. The van der Waals surface area contributed by atoms with Crippen LogP contribution in [0.1, 0.15) is 59.9 Å². The molecule has 0 fully saturated rings. The maximum Gasteiger partial charge on any atom is 0.310 e. The van der Waals surface area contributed by atoms with Gasteiger partial charge >= 0.3 is 11.9 Å². The van der Waals surface area contributed by atoms with Crippen LogP contribution in [0.5, 0.6) is 0 Å². The molecular formula is C19H30Cl2O6. The minimum atomic E-state index is -1.06. The fourth-order valence-corrected chi connectivity index (χ4v) is 1.38. The molecule has 0 bridgehead atoms. The van der Waals surface area contributed by atoms with Gasteiger partial charge in [0.2, 0.25) is 0 Å². The van der Waals surface area contributed by atoms with E-state index in [1.165, 1.54) is 13.8 Å². The summed E-state index contributed by atoms with van der Waals surface area (Å²) in [5.74, 6) is -2.75. The molecule has 0 aliphatic rings. The van der Waals surface area contributed by atoms with E-state index < -0.39 is 11.9 Å². The molecule has 0 amide bonds. The third-order valence-corrected chi connectivity index (χ3v) is 2.61. The van der Waals surface area contributed by atoms with Gasteiger partial charge in [-0.25, -0.2) is 0 Å². The first kappa shape index (κ1) is 32.7. The molecule has 1 aromatic carbocycles. The molecule has 0 saturated carbocycles. The summed E-state index contributed by atoms with van der Waals surface area (Å²) >= 11 is 11.3. The van der Waals surface area contributed by atoms with Gasteiger partial charge in [-0.1, -0.05) is 57.0 Å². The zero-order valence-corrected chi connectivity index (χ0v) is 18.4. The third kappa shape index (κ3) is 32.2. The van der Waals surface area contributed by atoms with Gasteiger partial charge in [-0.2, -0.15) is 0 Å². The Morgan fingerprint density at radius 3 is 1.26 bits per heavy atom. The Kier molecular flexibility index (Phi) is 26.8. The third-order valence-electron chi connectivity index (χ3n) is 1.88. The standard InChI is InChI=1S/C7H6Cl2.2C4H6O3.2C2H6/c1-5-2-3-6(8)7(9)4-5;2*1-3(5)2-4(6)7;2*1-2/h2-4H,1H3;2*2H2,1H3,(H,6,7);2*1-2H3. The SMILES string of the molecule is CC.CC.CC(=O)CC(=O)O.CC(=O)CC(=O)O.Cc1ccc(Cl)c(Cl)c1. The zero-order chi connectivity index (χ0) is 22.6. The van der Waals surface area contributed by atoms with Gasteiger partial charge in [-0.15, -0.1) is 0 Å². The molecule has 0 atom stereocenters. The molecule has 0 spiro atoms. The molecule has 6 nitrogen and oxygen atoms in total. The van der Waals surface area contributed by atoms with Crippen molar-refractivity contribution in [2.45, 2.75) is 61.3 Å². The van der Waals surface area contributed by atoms with Crippen LogP contribution in [0.25, 0.3) is 0 Å². The van der Waals surface area contributed by atoms with Crippen LogP contribution in [0, 0.1) is 6.92 Å². The van der Waals surface area contributed by atoms with Crippen LogP contribution in [0.3, 0.4) is 0 Å². The first-order valence-corrected chi connectivity index (χ1v) is 9.05. The molecule has 1 aromatic rings. The minimum Gasteiger partial charge on any atom is -0.481 e. The van der Waals surface area contributed by atoms with E-state index in [1.807, 2.05) is 46.8 Å². The van der Waals surface area contributed by atoms with E-state index in [1.54, 1.807) is 6.07 Å². The van der Waals surface area contributed by atoms with Crippen molar-refractivity contribution in [2.75, 3.05) is 0 Å². The lowest BCUT2D eigenvalue weighted by molar-refractivity contribution is -0.141. The van der Waals surface area contributed by atoms with Crippen LogP contribution in [-0.4, -0.2) is 33.7 Å². The number of carboxylic acid groups (broad SMARTS) is 2. The molecular weight excluding hydrogens is 395 g/mol. The van der Waals surface area contributed by atoms with Crippen molar-refractivity contribution < 1.29 is 29.4 Å². The minimum absolute atomic E-state index is 0.312. The lowest BCUT2D eigenvalue weighted by Crippen LogP contribution is -2.00. The number of rotatable bonds is 4. The Balaban J connectivity index is -0.000000136. The summed E-state index contributed by atoms with van der Waals surface area (Å²) in [4.78, 5) is 38.9. The fraction of sp³-hybridized carbons (Fsp3) is 0.474. The lowest BCUT2D eigenvalue weighted by Gasteiger charge is -1.94. The smallest absolute Gasteiger partial charge is 0.310 e. The Bertz CT molecular complexity index is 521. The molecule has 8 heteroatoms. The monoisotopic (exact) mass is 424 g/mol. The molecule has 0 aliphatic carbocycles. The second kappa shape index (κ2) is 22.1. The predicted molar refractivity (Wildman–Crippen MR) is 110 cm³/mol. The summed E-state index contributed by atoms with van der Waals surface area (Å²) in [6.07, 6.45) is -0.722. The molecule has 0 aliphatic heterocycles. The van der Waals surface area contributed by atoms with E-state index in [0.29, 0.717) is 10.0 Å². The van der Waals surface area contributed by atoms with Crippen molar-refractivity contribution in [2.24, 2.45) is 0 Å². The summed E-state index contributed by atoms with van der Waals surface area (Å²) in [5, 5.41) is 17.0. The van der Waals surface area contributed by atoms with E-state index in [0.717, 1.165) is 5.56 Å². The van der Waals surface area contributed by atoms with Crippen LogP contribution < -0.4 is 0 Å². The summed E-state index contributed by atoms with van der Waals surface area (Å²) in [6.45, 7) is 12.5. The van der Waals surface area contributed by atoms with Crippen molar-refractivity contribution in [1.82, 2.24) is 0 Å². The maximum atomic E-state index is 9.87. The van der Waals surface area contributed by atoms with Gasteiger partial charge in [0, 0.05) is 0 Å². The van der Waals surface area contributed by atoms with Crippen LogP contribution >= 0.6 is 23.2 Å². The van der Waals surface area contributed by atoms with Crippen molar-refractivity contribution in [3.63, 3.8) is 0 Å². The number of aryl methyl sites for hydroxylation is 1. The Morgan fingerprint density at radius 2 is 1.11 bits per heavy atom. The highest BCUT2D eigenvalue weighted by Crippen LogP contribution is 2.21. The highest BCUT2D eigenvalue weighted by molar-refractivity contribution is 6.42. The van der Waals surface area contributed by atoms with Gasteiger partial charge in [-0.3, -0.25) is 19.2 Å². The number of hydrogen-bond donors (Lipinski definition) is 2. The summed E-state index contributed by atoms with van der Waals surface area (Å²) in [5.41, 5.74) is 1.13. The molecule has 2 N–H and O–H groups in total. The Hall–Kier alpha value is -1.92. The van der Waals surface area contributed by atoms with Crippen LogP contribution in [0.4, 0.5) is 0 Å². The van der Waals surface area contributed by atoms with E-state index in [4.69, 9.17) is 33.4 Å². The van der Waals surface area contributed by atoms with E-state index in [9.17, 15) is 19.2 Å². The van der Waals surface area contributed by atoms with Gasteiger partial charge in [-0.05, 0) is 38.5 Å². The van der Waals surface area contributed by atoms with Gasteiger partial charge in [0.15, 0.2) is 0 Å². The largest absolute Gasteiger partial charge is 0.481 e. The Morgan fingerprint density at radius 1 is 0.778 bits per heavy atom. The Labute approximate surface area is 171 Å². The maximum absolute atomic E-state index is 9.87. The number of carbonyl (C=O) groups is 4. The average Bonchev–Trinajstić information content (AvgIpc) is 2.54. The number of aliphatic carboxylic acids is 2. The first-order valence-electron chi connectivity index (χ1n) is 8.29. The van der Waals surface area contributed by atoms with Gasteiger partial charge in [0.05, 0.1) is 10.0 Å². The number of ketones is 2. The molecule has 0 saturated heterocycles. The van der Waals surface area contributed by atoms with Crippen molar-refractivity contribution in [3.8, 4) is 0 Å². The van der Waals surface area contributed by atoms with Crippen molar-refractivity contribution >= 4 is 46.7 Å². The number of benzene rings is 1. The summed E-state index contributed by atoms with van der Waals surface area (Å²) < 4.78 is 0. The lowest BCUT2D eigenvalue weighted by atomic mass is 10.2. The van der Waals surface area contributed by atoms with Gasteiger partial charge in [0.25, 0.3) is 0 Å². The summed E-state index contributed by atoms with van der Waals surface area (Å²) in [7, 11) is 0. The molecule has 1 rings (SSSR count). The predicted octanol–water partition coefficient (Wildman–Crippen LogP) is 5.45. The number of Topliss-reactive ketones (excluding diaryl/α,β-unsaturated/α-hetero) is 2. The quantitative estimate of drug-likeness (QED) is 0.621. The summed E-state index contributed by atoms with van der Waals surface area (Å²) in [6, 6.07) is 5.55. The molecule has 0 heterocycles. The molecule has 0 radical (unpaired) electrons. The van der Waals surface area contributed by atoms with Crippen molar-refractivity contribution in [1.29, 1.82) is 0 Å². The number of carboxylic acids is 2. The second-order valence-electron chi connectivity index (χ2n) is 4.46. The fourth-order valence-electron chi connectivity index (χ4n) is 1.03. The van der Waals surface area contributed by atoms with E-state index in [2.05, 4.69) is 0 Å². The first-order chi connectivity index (χ1) is 12.5. The molecule has 27 heavy (non-hydrogen) atoms. The highest BCUT2D eigenvalue weighted by atomic mass is 35.5. The van der Waals surface area contributed by atoms with Gasteiger partial charge in [0.1, 0.15) is 24.4 Å². The number of carbonyl (C=O) groups excluding carboxylic acids is 2. The van der Waals surface area contributed by atoms with E-state index >= 15 is 0 Å². The molecule has 0 aromatic heterocycles. The normalized spacial score (nSPS) is 7.89. The number of hydrogen-bond acceptors (Lipinski definition) is 4. The van der Waals surface area contributed by atoms with Crippen LogP contribution in [0.15, 0.2) is 18.2 Å².